The maximum atomic E-state index is 12.4. The van der Waals surface area contributed by atoms with Gasteiger partial charge in [0.05, 0.1) is 12.8 Å². The molecule has 8 nitrogen and oxygen atoms in total. The average Bonchev–Trinajstić information content (AvgIpc) is 2.83. The lowest BCUT2D eigenvalue weighted by Gasteiger charge is -2.36. The molecular formula is C24H29N5O3. The van der Waals surface area contributed by atoms with Crippen molar-refractivity contribution in [1.29, 1.82) is 0 Å². The van der Waals surface area contributed by atoms with Gasteiger partial charge in [0.2, 0.25) is 0 Å². The van der Waals surface area contributed by atoms with E-state index in [1.165, 1.54) is 10.3 Å². The lowest BCUT2D eigenvalue weighted by Crippen LogP contribution is -2.48. The van der Waals surface area contributed by atoms with Gasteiger partial charge >= 0.3 is 6.03 Å². The van der Waals surface area contributed by atoms with Crippen LogP contribution in [0.5, 0.6) is 5.75 Å². The van der Waals surface area contributed by atoms with Crippen molar-refractivity contribution in [3.63, 3.8) is 0 Å². The predicted octanol–water partition coefficient (Wildman–Crippen LogP) is 2.49. The number of benzene rings is 2. The number of ether oxygens (including phenoxy) is 1. The maximum Gasteiger partial charge on any atom is 0.319 e. The molecule has 0 atom stereocenters. The molecule has 0 aliphatic carbocycles. The highest BCUT2D eigenvalue weighted by Crippen LogP contribution is 2.21. The highest BCUT2D eigenvalue weighted by Gasteiger charge is 2.17. The first-order valence-electron chi connectivity index (χ1n) is 10.8. The van der Waals surface area contributed by atoms with Crippen molar-refractivity contribution in [2.75, 3.05) is 56.6 Å². The highest BCUT2D eigenvalue weighted by molar-refractivity contribution is 6.00. The fourth-order valence-corrected chi connectivity index (χ4v) is 4.03. The smallest absolute Gasteiger partial charge is 0.319 e. The second kappa shape index (κ2) is 9.74. The molecule has 1 aliphatic heterocycles. The number of aromatic nitrogens is 1. The van der Waals surface area contributed by atoms with Crippen LogP contribution in [0.25, 0.3) is 10.8 Å². The molecule has 168 valence electrons. The largest absolute Gasteiger partial charge is 0.497 e. The number of carbonyl (C=O) groups is 1. The fourth-order valence-electron chi connectivity index (χ4n) is 4.03. The van der Waals surface area contributed by atoms with E-state index < -0.39 is 0 Å². The first-order chi connectivity index (χ1) is 15.5. The molecule has 1 fully saturated rings. The van der Waals surface area contributed by atoms with Gasteiger partial charge in [-0.1, -0.05) is 18.2 Å². The Morgan fingerprint density at radius 2 is 1.69 bits per heavy atom. The Morgan fingerprint density at radius 3 is 2.38 bits per heavy atom. The standard InChI is InChI=1S/C24H29N5O3/c1-27-17-22(20-5-3-4-6-21(20)23(27)30)26-24(31)25-11-12-28-13-15-29(16-14-28)18-7-9-19(32-2)10-8-18/h3-10,17H,11-16H2,1-2H3,(H2,25,26,31). The zero-order valence-corrected chi connectivity index (χ0v) is 18.5. The number of aryl methyl sites for hydroxylation is 1. The number of anilines is 2. The maximum absolute atomic E-state index is 12.4. The first-order valence-corrected chi connectivity index (χ1v) is 10.8. The summed E-state index contributed by atoms with van der Waals surface area (Å²) in [7, 11) is 3.36. The van der Waals surface area contributed by atoms with Crippen LogP contribution in [0.2, 0.25) is 0 Å². The van der Waals surface area contributed by atoms with Crippen molar-refractivity contribution in [1.82, 2.24) is 14.8 Å². The van der Waals surface area contributed by atoms with Crippen LogP contribution in [-0.2, 0) is 7.05 Å². The molecule has 0 radical (unpaired) electrons. The molecule has 0 saturated carbocycles. The molecule has 0 spiro atoms. The minimum absolute atomic E-state index is 0.0830. The van der Waals surface area contributed by atoms with E-state index in [2.05, 4.69) is 32.6 Å². The summed E-state index contributed by atoms with van der Waals surface area (Å²) in [6.07, 6.45) is 1.66. The number of methoxy groups -OCH3 is 1. The van der Waals surface area contributed by atoms with Crippen molar-refractivity contribution in [3.8, 4) is 5.75 Å². The molecule has 2 aromatic carbocycles. The number of nitrogens with one attached hydrogen (secondary N) is 2. The van der Waals surface area contributed by atoms with Gasteiger partial charge in [0, 0.05) is 69.0 Å². The summed E-state index contributed by atoms with van der Waals surface area (Å²) >= 11 is 0. The molecule has 2 N–H and O–H groups in total. The number of urea groups is 1. The number of hydrogen-bond acceptors (Lipinski definition) is 5. The number of carbonyl (C=O) groups excluding carboxylic acids is 1. The van der Waals surface area contributed by atoms with E-state index in [0.29, 0.717) is 17.6 Å². The van der Waals surface area contributed by atoms with Gasteiger partial charge in [-0.25, -0.2) is 4.79 Å². The molecule has 2 heterocycles. The Bertz CT molecular complexity index is 1130. The van der Waals surface area contributed by atoms with Gasteiger partial charge in [0.15, 0.2) is 0 Å². The van der Waals surface area contributed by atoms with Crippen LogP contribution in [0, 0.1) is 0 Å². The minimum atomic E-state index is -0.273. The number of rotatable bonds is 6. The first kappa shape index (κ1) is 21.7. The van der Waals surface area contributed by atoms with Crippen LogP contribution in [0.3, 0.4) is 0 Å². The van der Waals surface area contributed by atoms with Crippen molar-refractivity contribution in [2.24, 2.45) is 7.05 Å². The molecule has 32 heavy (non-hydrogen) atoms. The van der Waals surface area contributed by atoms with E-state index in [9.17, 15) is 9.59 Å². The summed E-state index contributed by atoms with van der Waals surface area (Å²) in [4.78, 5) is 29.4. The molecule has 2 amide bonds. The molecule has 8 heteroatoms. The SMILES string of the molecule is COc1ccc(N2CCN(CCNC(=O)Nc3cn(C)c(=O)c4ccccc34)CC2)cc1. The molecule has 1 saturated heterocycles. The van der Waals surface area contributed by atoms with E-state index in [1.807, 2.05) is 30.3 Å². The molecule has 4 rings (SSSR count). The summed E-state index contributed by atoms with van der Waals surface area (Å²) in [6, 6.07) is 15.2. The van der Waals surface area contributed by atoms with Crippen LogP contribution in [0.4, 0.5) is 16.2 Å². The van der Waals surface area contributed by atoms with E-state index >= 15 is 0 Å². The predicted molar refractivity (Wildman–Crippen MR) is 128 cm³/mol. The Balaban J connectivity index is 1.25. The Morgan fingerprint density at radius 1 is 1.00 bits per heavy atom. The number of pyridine rings is 1. The van der Waals surface area contributed by atoms with Crippen LogP contribution < -0.4 is 25.8 Å². The zero-order chi connectivity index (χ0) is 22.5. The summed E-state index contributed by atoms with van der Waals surface area (Å²) in [5.74, 6) is 0.863. The van der Waals surface area contributed by atoms with Gasteiger partial charge in [-0.3, -0.25) is 9.69 Å². The van der Waals surface area contributed by atoms with Gasteiger partial charge in [0.25, 0.3) is 5.56 Å². The zero-order valence-electron chi connectivity index (χ0n) is 18.5. The van der Waals surface area contributed by atoms with Crippen LogP contribution in [-0.4, -0.2) is 61.9 Å². The summed E-state index contributed by atoms with van der Waals surface area (Å²) in [6.45, 7) is 5.13. The summed E-state index contributed by atoms with van der Waals surface area (Å²) in [5, 5.41) is 7.13. The van der Waals surface area contributed by atoms with Gasteiger partial charge in [-0.15, -0.1) is 0 Å². The fraction of sp³-hybridized carbons (Fsp3) is 0.333. The molecule has 0 unspecified atom stereocenters. The van der Waals surface area contributed by atoms with Crippen LogP contribution >= 0.6 is 0 Å². The number of hydrogen-bond donors (Lipinski definition) is 2. The summed E-state index contributed by atoms with van der Waals surface area (Å²) < 4.78 is 6.71. The second-order valence-corrected chi connectivity index (χ2v) is 7.91. The Kier molecular flexibility index (Phi) is 6.61. The molecular weight excluding hydrogens is 406 g/mol. The van der Waals surface area contributed by atoms with E-state index in [-0.39, 0.29) is 11.6 Å². The van der Waals surface area contributed by atoms with Crippen molar-refractivity contribution < 1.29 is 9.53 Å². The Labute approximate surface area is 187 Å². The quantitative estimate of drug-likeness (QED) is 0.622. The minimum Gasteiger partial charge on any atom is -0.497 e. The van der Waals surface area contributed by atoms with Crippen LogP contribution in [0.1, 0.15) is 0 Å². The molecule has 3 aromatic rings. The molecule has 1 aliphatic rings. The summed E-state index contributed by atoms with van der Waals surface area (Å²) in [5.41, 5.74) is 1.74. The third-order valence-electron chi connectivity index (χ3n) is 5.86. The number of piperazine rings is 1. The van der Waals surface area contributed by atoms with Crippen molar-refractivity contribution >= 4 is 28.2 Å². The monoisotopic (exact) mass is 435 g/mol. The lowest BCUT2D eigenvalue weighted by atomic mass is 10.1. The lowest BCUT2D eigenvalue weighted by molar-refractivity contribution is 0.240. The number of nitrogens with zero attached hydrogens (tertiary/aromatic N) is 3. The number of amides is 2. The van der Waals surface area contributed by atoms with Gasteiger partial charge in [-0.05, 0) is 30.3 Å². The van der Waals surface area contributed by atoms with Gasteiger partial charge < -0.3 is 24.8 Å². The highest BCUT2D eigenvalue weighted by atomic mass is 16.5. The normalized spacial score (nSPS) is 14.4. The van der Waals surface area contributed by atoms with E-state index in [1.54, 1.807) is 26.4 Å². The van der Waals surface area contributed by atoms with Crippen molar-refractivity contribution in [2.45, 2.75) is 0 Å². The van der Waals surface area contributed by atoms with E-state index in [0.717, 1.165) is 43.9 Å². The van der Waals surface area contributed by atoms with Crippen molar-refractivity contribution in [3.05, 3.63) is 65.1 Å². The molecule has 1 aromatic heterocycles. The third kappa shape index (κ3) is 4.86. The number of fused-ring (bicyclic) bond motifs is 1. The van der Waals surface area contributed by atoms with Gasteiger partial charge in [-0.2, -0.15) is 0 Å². The third-order valence-corrected chi connectivity index (χ3v) is 5.86. The van der Waals surface area contributed by atoms with Gasteiger partial charge in [0.1, 0.15) is 5.75 Å². The van der Waals surface area contributed by atoms with Crippen LogP contribution in [0.15, 0.2) is 59.5 Å². The molecule has 0 bridgehead atoms. The Hall–Kier alpha value is -3.52. The van der Waals surface area contributed by atoms with E-state index in [4.69, 9.17) is 4.74 Å². The topological polar surface area (TPSA) is 78.8 Å². The average molecular weight is 436 g/mol. The second-order valence-electron chi connectivity index (χ2n) is 7.91.